The van der Waals surface area contributed by atoms with Crippen LogP contribution >= 0.6 is 39.9 Å². The molecule has 38 heavy (non-hydrogen) atoms. The van der Waals surface area contributed by atoms with E-state index in [0.717, 1.165) is 37.6 Å². The Bertz CT molecular complexity index is 1580. The summed E-state index contributed by atoms with van der Waals surface area (Å²) in [6.07, 6.45) is 4.27. The highest BCUT2D eigenvalue weighted by Crippen LogP contribution is 2.40. The molecule has 1 amide bonds. The van der Waals surface area contributed by atoms with E-state index in [9.17, 15) is 4.79 Å². The maximum absolute atomic E-state index is 13.6. The largest absolute Gasteiger partial charge is 0.493 e. The maximum Gasteiger partial charge on any atom is 0.270 e. The summed E-state index contributed by atoms with van der Waals surface area (Å²) in [5, 5.41) is 2.04. The fourth-order valence-electron chi connectivity index (χ4n) is 4.36. The second-order valence-corrected chi connectivity index (χ2v) is 11.2. The van der Waals surface area contributed by atoms with E-state index in [2.05, 4.69) is 22.5 Å². The number of thioether (sulfide) groups is 1. The van der Waals surface area contributed by atoms with Crippen LogP contribution in [0.1, 0.15) is 16.7 Å². The van der Waals surface area contributed by atoms with E-state index in [1.54, 1.807) is 12.0 Å². The van der Waals surface area contributed by atoms with Crippen molar-refractivity contribution in [3.63, 3.8) is 0 Å². The minimum Gasteiger partial charge on any atom is -0.493 e. The first-order chi connectivity index (χ1) is 18.5. The van der Waals surface area contributed by atoms with Crippen LogP contribution in [-0.2, 0) is 17.8 Å². The zero-order valence-electron chi connectivity index (χ0n) is 20.6. The second kappa shape index (κ2) is 11.6. The Labute approximate surface area is 240 Å². The fraction of sp³-hybridized carbons (Fsp3) is 0.0968. The van der Waals surface area contributed by atoms with E-state index in [1.807, 2.05) is 91.0 Å². The molecule has 0 radical (unpaired) electrons. The average Bonchev–Trinajstić information content (AvgIpc) is 3.20. The summed E-state index contributed by atoms with van der Waals surface area (Å²) in [4.78, 5) is 15.7. The molecular formula is C31H24BrNO3S2. The van der Waals surface area contributed by atoms with Crippen LogP contribution < -0.4 is 14.4 Å². The van der Waals surface area contributed by atoms with Crippen LogP contribution in [0.25, 0.3) is 16.8 Å². The number of halogens is 1. The van der Waals surface area contributed by atoms with E-state index in [0.29, 0.717) is 33.8 Å². The molecule has 0 saturated carbocycles. The number of thiocarbonyl (C=S) groups is 1. The number of hydrogen-bond donors (Lipinski definition) is 0. The van der Waals surface area contributed by atoms with Crippen LogP contribution in [0.3, 0.4) is 0 Å². The summed E-state index contributed by atoms with van der Waals surface area (Å²) < 4.78 is 13.4. The topological polar surface area (TPSA) is 38.8 Å². The summed E-state index contributed by atoms with van der Waals surface area (Å²) in [6.45, 7) is 4.30. The molecule has 1 fully saturated rings. The molecule has 1 aliphatic rings. The number of fused-ring (bicyclic) bond motifs is 1. The van der Waals surface area contributed by atoms with Crippen LogP contribution in [0.15, 0.2) is 101 Å². The molecule has 0 spiro atoms. The first kappa shape index (κ1) is 26.2. The van der Waals surface area contributed by atoms with Crippen molar-refractivity contribution in [1.82, 2.24) is 0 Å². The summed E-state index contributed by atoms with van der Waals surface area (Å²) in [5.41, 5.74) is 3.58. The molecule has 1 heterocycles. The second-order valence-electron chi connectivity index (χ2n) is 8.63. The Morgan fingerprint density at radius 1 is 1.05 bits per heavy atom. The molecule has 0 unspecified atom stereocenters. The number of methoxy groups -OCH3 is 1. The Balaban J connectivity index is 1.46. The standard InChI is InChI=1S/C31H24BrNO3S2/c1-3-7-23-16-21(17-27(35-2)29(23)36-19-20-12-14-24(32)15-13-20)18-28-30(34)33(31(37)38-28)26-11-6-9-22-8-4-5-10-25(22)26/h3-6,8-18H,1,7,19H2,2H3/b28-18+. The lowest BCUT2D eigenvalue weighted by Crippen LogP contribution is -2.27. The normalized spacial score (nSPS) is 14.4. The lowest BCUT2D eigenvalue weighted by atomic mass is 10.0. The quantitative estimate of drug-likeness (QED) is 0.115. The van der Waals surface area contributed by atoms with Crippen molar-refractivity contribution in [2.75, 3.05) is 12.0 Å². The van der Waals surface area contributed by atoms with Gasteiger partial charge in [-0.15, -0.1) is 6.58 Å². The molecule has 4 aromatic carbocycles. The predicted molar refractivity (Wildman–Crippen MR) is 165 cm³/mol. The van der Waals surface area contributed by atoms with Crippen LogP contribution in [-0.4, -0.2) is 17.3 Å². The molecule has 0 atom stereocenters. The Kier molecular flexibility index (Phi) is 7.98. The summed E-state index contributed by atoms with van der Waals surface area (Å²) in [6, 6.07) is 25.8. The van der Waals surface area contributed by atoms with Gasteiger partial charge in [-0.3, -0.25) is 9.69 Å². The zero-order valence-corrected chi connectivity index (χ0v) is 23.9. The molecule has 0 aromatic heterocycles. The van der Waals surface area contributed by atoms with Gasteiger partial charge in [-0.05, 0) is 59.3 Å². The number of anilines is 1. The van der Waals surface area contributed by atoms with Gasteiger partial charge in [-0.25, -0.2) is 0 Å². The molecule has 0 N–H and O–H groups in total. The molecule has 190 valence electrons. The first-order valence-corrected chi connectivity index (χ1v) is 13.9. The third kappa shape index (κ3) is 5.41. The van der Waals surface area contributed by atoms with Gasteiger partial charge in [0.1, 0.15) is 6.61 Å². The number of benzene rings is 4. The van der Waals surface area contributed by atoms with E-state index in [-0.39, 0.29) is 5.91 Å². The lowest BCUT2D eigenvalue weighted by Gasteiger charge is -2.17. The zero-order chi connectivity index (χ0) is 26.6. The molecule has 5 rings (SSSR count). The SMILES string of the molecule is C=CCc1cc(/C=C2/SC(=S)N(c3cccc4ccccc34)C2=O)cc(OC)c1OCc1ccc(Br)cc1. The van der Waals surface area contributed by atoms with E-state index >= 15 is 0 Å². The van der Waals surface area contributed by atoms with Gasteiger partial charge in [0.25, 0.3) is 5.91 Å². The smallest absolute Gasteiger partial charge is 0.270 e. The Morgan fingerprint density at radius 2 is 1.82 bits per heavy atom. The van der Waals surface area contributed by atoms with Gasteiger partial charge in [0, 0.05) is 15.4 Å². The number of carbonyl (C=O) groups excluding carboxylic acids is 1. The van der Waals surface area contributed by atoms with Crippen LogP contribution in [0.2, 0.25) is 0 Å². The van der Waals surface area contributed by atoms with Crippen molar-refractivity contribution >= 4 is 72.7 Å². The van der Waals surface area contributed by atoms with Gasteiger partial charge in [0.2, 0.25) is 0 Å². The van der Waals surface area contributed by atoms with Gasteiger partial charge in [0.15, 0.2) is 15.8 Å². The number of amides is 1. The average molecular weight is 603 g/mol. The van der Waals surface area contributed by atoms with Crippen molar-refractivity contribution in [2.24, 2.45) is 0 Å². The third-order valence-corrected chi connectivity index (χ3v) is 7.96. The van der Waals surface area contributed by atoms with E-state index in [4.69, 9.17) is 21.7 Å². The monoisotopic (exact) mass is 601 g/mol. The number of carbonyl (C=O) groups is 1. The number of rotatable bonds is 8. The molecule has 1 saturated heterocycles. The number of ether oxygens (including phenoxy) is 2. The van der Waals surface area contributed by atoms with E-state index < -0.39 is 0 Å². The predicted octanol–water partition coefficient (Wildman–Crippen LogP) is 8.32. The summed E-state index contributed by atoms with van der Waals surface area (Å²) >= 11 is 10.4. The molecule has 0 aliphatic carbocycles. The number of hydrogen-bond acceptors (Lipinski definition) is 5. The molecule has 4 nitrogen and oxygen atoms in total. The molecular weight excluding hydrogens is 578 g/mol. The van der Waals surface area contributed by atoms with E-state index in [1.165, 1.54) is 11.8 Å². The highest BCUT2D eigenvalue weighted by molar-refractivity contribution is 9.10. The highest BCUT2D eigenvalue weighted by atomic mass is 79.9. The Morgan fingerprint density at radius 3 is 2.58 bits per heavy atom. The third-order valence-electron chi connectivity index (χ3n) is 6.13. The highest BCUT2D eigenvalue weighted by Gasteiger charge is 2.34. The van der Waals surface area contributed by atoms with Gasteiger partial charge in [-0.1, -0.05) is 94.5 Å². The fourth-order valence-corrected chi connectivity index (χ4v) is 5.90. The van der Waals surface area contributed by atoms with Gasteiger partial charge in [-0.2, -0.15) is 0 Å². The minimum atomic E-state index is -0.142. The molecule has 4 aromatic rings. The van der Waals surface area contributed by atoms with Crippen LogP contribution in [0, 0.1) is 0 Å². The van der Waals surface area contributed by atoms with Gasteiger partial charge in [0.05, 0.1) is 17.7 Å². The first-order valence-electron chi connectivity index (χ1n) is 11.9. The summed E-state index contributed by atoms with van der Waals surface area (Å²) in [5.74, 6) is 1.11. The van der Waals surface area contributed by atoms with Crippen molar-refractivity contribution in [3.05, 3.63) is 118 Å². The number of allylic oxidation sites excluding steroid dienone is 1. The van der Waals surface area contributed by atoms with Crippen molar-refractivity contribution in [3.8, 4) is 11.5 Å². The molecule has 1 aliphatic heterocycles. The minimum absolute atomic E-state index is 0.142. The molecule has 0 bridgehead atoms. The van der Waals surface area contributed by atoms with Crippen LogP contribution in [0.4, 0.5) is 5.69 Å². The van der Waals surface area contributed by atoms with Crippen LogP contribution in [0.5, 0.6) is 11.5 Å². The van der Waals surface area contributed by atoms with Crippen molar-refractivity contribution in [2.45, 2.75) is 13.0 Å². The molecule has 7 heteroatoms. The maximum atomic E-state index is 13.6. The van der Waals surface area contributed by atoms with Gasteiger partial charge < -0.3 is 9.47 Å². The Hall–Kier alpha value is -3.39. The lowest BCUT2D eigenvalue weighted by molar-refractivity contribution is -0.113. The van der Waals surface area contributed by atoms with Gasteiger partial charge >= 0.3 is 0 Å². The van der Waals surface area contributed by atoms with Crippen molar-refractivity contribution < 1.29 is 14.3 Å². The van der Waals surface area contributed by atoms with Crippen molar-refractivity contribution in [1.29, 1.82) is 0 Å². The summed E-state index contributed by atoms with van der Waals surface area (Å²) in [7, 11) is 1.61. The number of nitrogens with zero attached hydrogens (tertiary/aromatic N) is 1.